The van der Waals surface area contributed by atoms with Crippen molar-refractivity contribution in [3.63, 3.8) is 0 Å². The quantitative estimate of drug-likeness (QED) is 0.607. The second-order valence-corrected chi connectivity index (χ2v) is 6.00. The van der Waals surface area contributed by atoms with Crippen LogP contribution in [0.4, 0.5) is 5.69 Å². The Morgan fingerprint density at radius 1 is 1.17 bits per heavy atom. The first kappa shape index (κ1) is 17.8. The molecule has 0 aliphatic heterocycles. The predicted octanol–water partition coefficient (Wildman–Crippen LogP) is 2.86. The van der Waals surface area contributed by atoms with Crippen LogP contribution in [0.25, 0.3) is 0 Å². The number of nitrogens with zero attached hydrogens (tertiary/aromatic N) is 2. The van der Waals surface area contributed by atoms with Crippen LogP contribution in [0.5, 0.6) is 5.75 Å². The molecule has 5 heteroatoms. The molecule has 2 rings (SSSR count). The SMILES string of the molecule is Cc1cccc(NC(N)=NCc2cccc(OCCN(C)C)c2)c1. The van der Waals surface area contributed by atoms with Crippen molar-refractivity contribution in [1.82, 2.24) is 4.90 Å². The molecule has 0 aliphatic rings. The van der Waals surface area contributed by atoms with Crippen LogP contribution in [0.3, 0.4) is 0 Å². The van der Waals surface area contributed by atoms with Gasteiger partial charge < -0.3 is 20.7 Å². The number of ether oxygens (including phenoxy) is 1. The van der Waals surface area contributed by atoms with Crippen LogP contribution in [-0.2, 0) is 6.54 Å². The normalized spacial score (nSPS) is 11.6. The maximum absolute atomic E-state index is 5.96. The molecular weight excluding hydrogens is 300 g/mol. The molecule has 2 aromatic rings. The molecule has 0 radical (unpaired) electrons. The fraction of sp³-hybridized carbons (Fsp3) is 0.316. The number of aryl methyl sites for hydroxylation is 1. The van der Waals surface area contributed by atoms with Crippen molar-refractivity contribution in [1.29, 1.82) is 0 Å². The highest BCUT2D eigenvalue weighted by atomic mass is 16.5. The summed E-state index contributed by atoms with van der Waals surface area (Å²) in [4.78, 5) is 6.48. The van der Waals surface area contributed by atoms with Crippen molar-refractivity contribution < 1.29 is 4.74 Å². The monoisotopic (exact) mass is 326 g/mol. The Labute approximate surface area is 144 Å². The molecule has 0 bridgehead atoms. The Hall–Kier alpha value is -2.53. The zero-order valence-corrected chi connectivity index (χ0v) is 14.6. The summed E-state index contributed by atoms with van der Waals surface area (Å²) in [6, 6.07) is 16.0. The van der Waals surface area contributed by atoms with Gasteiger partial charge in [-0.2, -0.15) is 0 Å². The molecule has 2 aromatic carbocycles. The van der Waals surface area contributed by atoms with Gasteiger partial charge in [-0.15, -0.1) is 0 Å². The minimum absolute atomic E-state index is 0.402. The van der Waals surface area contributed by atoms with E-state index in [1.54, 1.807) is 0 Å². The van der Waals surface area contributed by atoms with Gasteiger partial charge in [0.2, 0.25) is 0 Å². The van der Waals surface area contributed by atoms with E-state index in [4.69, 9.17) is 10.5 Å². The van der Waals surface area contributed by atoms with Crippen LogP contribution in [0, 0.1) is 6.92 Å². The van der Waals surface area contributed by atoms with E-state index in [0.29, 0.717) is 19.1 Å². The molecular formula is C19H26N4O. The first-order valence-corrected chi connectivity index (χ1v) is 8.03. The van der Waals surface area contributed by atoms with Gasteiger partial charge in [0, 0.05) is 12.2 Å². The topological polar surface area (TPSA) is 62.9 Å². The molecule has 0 heterocycles. The Balaban J connectivity index is 1.90. The summed E-state index contributed by atoms with van der Waals surface area (Å²) in [6.07, 6.45) is 0. The van der Waals surface area contributed by atoms with Gasteiger partial charge >= 0.3 is 0 Å². The Kier molecular flexibility index (Phi) is 6.63. The van der Waals surface area contributed by atoms with Gasteiger partial charge in [-0.05, 0) is 56.4 Å². The average Bonchev–Trinajstić information content (AvgIpc) is 2.53. The van der Waals surface area contributed by atoms with Crippen molar-refractivity contribution >= 4 is 11.6 Å². The van der Waals surface area contributed by atoms with Crippen molar-refractivity contribution in [3.05, 3.63) is 59.7 Å². The first-order valence-electron chi connectivity index (χ1n) is 8.03. The predicted molar refractivity (Wildman–Crippen MR) is 101 cm³/mol. The van der Waals surface area contributed by atoms with E-state index in [9.17, 15) is 0 Å². The molecule has 0 unspecified atom stereocenters. The smallest absolute Gasteiger partial charge is 0.193 e. The molecule has 128 valence electrons. The fourth-order valence-electron chi connectivity index (χ4n) is 2.17. The Morgan fingerprint density at radius 3 is 2.71 bits per heavy atom. The van der Waals surface area contributed by atoms with Gasteiger partial charge in [-0.1, -0.05) is 24.3 Å². The second kappa shape index (κ2) is 8.93. The van der Waals surface area contributed by atoms with E-state index >= 15 is 0 Å². The summed E-state index contributed by atoms with van der Waals surface area (Å²) >= 11 is 0. The molecule has 3 N–H and O–H groups in total. The third-order valence-electron chi connectivity index (χ3n) is 3.43. The van der Waals surface area contributed by atoms with Crippen LogP contribution >= 0.6 is 0 Å². The number of hydrogen-bond acceptors (Lipinski definition) is 3. The van der Waals surface area contributed by atoms with Crippen molar-refractivity contribution in [2.45, 2.75) is 13.5 Å². The van der Waals surface area contributed by atoms with Gasteiger partial charge in [0.1, 0.15) is 12.4 Å². The van der Waals surface area contributed by atoms with Crippen LogP contribution in [0.2, 0.25) is 0 Å². The largest absolute Gasteiger partial charge is 0.492 e. The molecule has 0 spiro atoms. The standard InChI is InChI=1S/C19H26N4O/c1-15-6-4-8-17(12-15)22-19(20)21-14-16-7-5-9-18(13-16)24-11-10-23(2)3/h4-9,12-13H,10-11,14H2,1-3H3,(H3,20,21,22). The lowest BCUT2D eigenvalue weighted by Gasteiger charge is -2.11. The number of guanidine groups is 1. The van der Waals surface area contributed by atoms with Crippen LogP contribution < -0.4 is 15.8 Å². The van der Waals surface area contributed by atoms with Crippen LogP contribution in [0.15, 0.2) is 53.5 Å². The summed E-state index contributed by atoms with van der Waals surface area (Å²) in [5.41, 5.74) is 9.14. The van der Waals surface area contributed by atoms with Gasteiger partial charge in [0.15, 0.2) is 5.96 Å². The van der Waals surface area contributed by atoms with Crippen molar-refractivity contribution in [2.75, 3.05) is 32.6 Å². The van der Waals surface area contributed by atoms with Crippen LogP contribution in [-0.4, -0.2) is 38.1 Å². The maximum atomic E-state index is 5.96. The van der Waals surface area contributed by atoms with Crippen LogP contribution in [0.1, 0.15) is 11.1 Å². The van der Waals surface area contributed by atoms with E-state index in [1.807, 2.05) is 69.6 Å². The number of hydrogen-bond donors (Lipinski definition) is 2. The number of anilines is 1. The molecule has 0 saturated heterocycles. The zero-order valence-electron chi connectivity index (χ0n) is 14.6. The van der Waals surface area contributed by atoms with E-state index in [0.717, 1.165) is 23.5 Å². The molecule has 0 aliphatic carbocycles. The number of benzene rings is 2. The summed E-state index contributed by atoms with van der Waals surface area (Å²) in [6.45, 7) is 4.10. The molecule has 5 nitrogen and oxygen atoms in total. The highest BCUT2D eigenvalue weighted by Crippen LogP contribution is 2.14. The summed E-state index contributed by atoms with van der Waals surface area (Å²) < 4.78 is 5.74. The number of nitrogens with two attached hydrogens (primary N) is 1. The Morgan fingerprint density at radius 2 is 1.96 bits per heavy atom. The Bertz CT molecular complexity index is 683. The molecule has 0 amide bonds. The zero-order chi connectivity index (χ0) is 17.4. The molecule has 0 saturated carbocycles. The average molecular weight is 326 g/mol. The lowest BCUT2D eigenvalue weighted by atomic mass is 10.2. The molecule has 24 heavy (non-hydrogen) atoms. The fourth-order valence-corrected chi connectivity index (χ4v) is 2.17. The second-order valence-electron chi connectivity index (χ2n) is 6.00. The number of aliphatic imine (C=N–C) groups is 1. The summed E-state index contributed by atoms with van der Waals surface area (Å²) in [5.74, 6) is 1.26. The highest BCUT2D eigenvalue weighted by molar-refractivity contribution is 5.92. The molecule has 0 aromatic heterocycles. The molecule has 0 atom stereocenters. The van der Waals surface area contributed by atoms with E-state index < -0.39 is 0 Å². The van der Waals surface area contributed by atoms with E-state index in [1.165, 1.54) is 5.56 Å². The first-order chi connectivity index (χ1) is 11.5. The lowest BCUT2D eigenvalue weighted by Crippen LogP contribution is -2.22. The van der Waals surface area contributed by atoms with E-state index in [-0.39, 0.29) is 0 Å². The van der Waals surface area contributed by atoms with Crippen molar-refractivity contribution in [2.24, 2.45) is 10.7 Å². The number of nitrogens with one attached hydrogen (secondary N) is 1. The van der Waals surface area contributed by atoms with Crippen molar-refractivity contribution in [3.8, 4) is 5.75 Å². The molecule has 0 fully saturated rings. The van der Waals surface area contributed by atoms with Gasteiger partial charge in [0.25, 0.3) is 0 Å². The summed E-state index contributed by atoms with van der Waals surface area (Å²) in [7, 11) is 4.05. The lowest BCUT2D eigenvalue weighted by molar-refractivity contribution is 0.261. The third kappa shape index (κ3) is 6.30. The maximum Gasteiger partial charge on any atom is 0.193 e. The van der Waals surface area contributed by atoms with Gasteiger partial charge in [-0.25, -0.2) is 4.99 Å². The van der Waals surface area contributed by atoms with E-state index in [2.05, 4.69) is 15.2 Å². The highest BCUT2D eigenvalue weighted by Gasteiger charge is 1.99. The minimum atomic E-state index is 0.402. The van der Waals surface area contributed by atoms with Gasteiger partial charge in [0.05, 0.1) is 6.54 Å². The summed E-state index contributed by atoms with van der Waals surface area (Å²) in [5, 5.41) is 3.11. The minimum Gasteiger partial charge on any atom is -0.492 e. The number of likely N-dealkylation sites (N-methyl/N-ethyl adjacent to an activating group) is 1. The third-order valence-corrected chi connectivity index (χ3v) is 3.43. The number of rotatable bonds is 7. The van der Waals surface area contributed by atoms with Gasteiger partial charge in [-0.3, -0.25) is 0 Å².